The van der Waals surface area contributed by atoms with Gasteiger partial charge in [0.15, 0.2) is 0 Å². The number of alkyl carbamates (subject to hydrolysis) is 1. The zero-order valence-electron chi connectivity index (χ0n) is 19.9. The minimum absolute atomic E-state index is 0.0609. The lowest BCUT2D eigenvalue weighted by Crippen LogP contribution is -2.49. The number of hydrogen-bond acceptors (Lipinski definition) is 4. The van der Waals surface area contributed by atoms with Crippen LogP contribution in [0.2, 0.25) is 0 Å². The van der Waals surface area contributed by atoms with Crippen molar-refractivity contribution >= 4 is 18.0 Å². The van der Waals surface area contributed by atoms with Gasteiger partial charge in [-0.3, -0.25) is 9.59 Å². The van der Waals surface area contributed by atoms with Crippen molar-refractivity contribution in [3.05, 3.63) is 59.7 Å². The fourth-order valence-electron chi connectivity index (χ4n) is 5.14. The maximum atomic E-state index is 13.2. The van der Waals surface area contributed by atoms with E-state index in [0.29, 0.717) is 19.4 Å². The molecule has 0 aromatic heterocycles. The Labute approximate surface area is 200 Å². The summed E-state index contributed by atoms with van der Waals surface area (Å²) in [4.78, 5) is 39.2. The van der Waals surface area contributed by atoms with E-state index in [4.69, 9.17) is 4.74 Å². The van der Waals surface area contributed by atoms with Crippen LogP contribution < -0.4 is 5.32 Å². The molecule has 7 heteroatoms. The fourth-order valence-corrected chi connectivity index (χ4v) is 5.14. The van der Waals surface area contributed by atoms with E-state index in [1.165, 1.54) is 0 Å². The number of hydrogen-bond donors (Lipinski definition) is 2. The van der Waals surface area contributed by atoms with Gasteiger partial charge in [0.1, 0.15) is 12.6 Å². The second-order valence-electron chi connectivity index (χ2n) is 9.65. The van der Waals surface area contributed by atoms with Crippen LogP contribution in [-0.2, 0) is 14.3 Å². The first-order valence-corrected chi connectivity index (χ1v) is 11.9. The molecule has 4 rings (SSSR count). The van der Waals surface area contributed by atoms with Crippen LogP contribution in [0, 0.1) is 11.3 Å². The van der Waals surface area contributed by atoms with E-state index < -0.39 is 23.5 Å². The predicted octanol–water partition coefficient (Wildman–Crippen LogP) is 4.26. The summed E-state index contributed by atoms with van der Waals surface area (Å²) in [6, 6.07) is 15.5. The molecule has 0 spiro atoms. The van der Waals surface area contributed by atoms with E-state index in [1.54, 1.807) is 11.8 Å². The lowest BCUT2D eigenvalue weighted by Gasteiger charge is -2.25. The van der Waals surface area contributed by atoms with E-state index in [2.05, 4.69) is 29.6 Å². The van der Waals surface area contributed by atoms with E-state index in [-0.39, 0.29) is 30.9 Å². The smallest absolute Gasteiger partial charge is 0.407 e. The monoisotopic (exact) mass is 464 g/mol. The number of nitrogens with zero attached hydrogens (tertiary/aromatic N) is 1. The van der Waals surface area contributed by atoms with Gasteiger partial charge in [0.05, 0.1) is 5.41 Å². The highest BCUT2D eigenvalue weighted by Gasteiger charge is 2.48. The number of carboxylic acid groups (broad SMARTS) is 1. The Kier molecular flexibility index (Phi) is 6.64. The third-order valence-electron chi connectivity index (χ3n) is 7.41. The van der Waals surface area contributed by atoms with Crippen molar-refractivity contribution < 1.29 is 24.2 Å². The van der Waals surface area contributed by atoms with Crippen molar-refractivity contribution in [2.45, 2.75) is 45.6 Å². The van der Waals surface area contributed by atoms with E-state index in [1.807, 2.05) is 38.1 Å². The maximum Gasteiger partial charge on any atom is 0.407 e. The first kappa shape index (κ1) is 23.8. The Morgan fingerprint density at radius 1 is 1.12 bits per heavy atom. The van der Waals surface area contributed by atoms with Crippen LogP contribution in [0.25, 0.3) is 11.1 Å². The number of carboxylic acids is 1. The molecule has 2 aromatic rings. The molecule has 0 radical (unpaired) electrons. The van der Waals surface area contributed by atoms with Gasteiger partial charge in [-0.05, 0) is 41.5 Å². The second kappa shape index (κ2) is 9.49. The number of carbonyl (C=O) groups excluding carboxylic acids is 2. The summed E-state index contributed by atoms with van der Waals surface area (Å²) in [5.74, 6) is -1.40. The number of carbonyl (C=O) groups is 3. The molecule has 1 aliphatic carbocycles. The van der Waals surface area contributed by atoms with Crippen LogP contribution in [0.15, 0.2) is 48.5 Å². The molecular formula is C27H32N2O5. The molecule has 1 heterocycles. The molecule has 2 aromatic carbocycles. The Bertz CT molecular complexity index is 1050. The molecule has 2 N–H and O–H groups in total. The van der Waals surface area contributed by atoms with Crippen molar-refractivity contribution in [1.29, 1.82) is 0 Å². The Morgan fingerprint density at radius 2 is 1.71 bits per heavy atom. The Hall–Kier alpha value is -3.35. The predicted molar refractivity (Wildman–Crippen MR) is 128 cm³/mol. The third kappa shape index (κ3) is 4.27. The lowest BCUT2D eigenvalue weighted by molar-refractivity contribution is -0.149. The Balaban J connectivity index is 1.41. The van der Waals surface area contributed by atoms with Gasteiger partial charge in [0, 0.05) is 19.0 Å². The van der Waals surface area contributed by atoms with Gasteiger partial charge >= 0.3 is 12.1 Å². The number of aliphatic carboxylic acids is 1. The van der Waals surface area contributed by atoms with E-state index >= 15 is 0 Å². The van der Waals surface area contributed by atoms with Crippen LogP contribution in [0.3, 0.4) is 0 Å². The minimum Gasteiger partial charge on any atom is -0.481 e. The molecule has 0 saturated carbocycles. The average Bonchev–Trinajstić information content (AvgIpc) is 3.32. The van der Waals surface area contributed by atoms with Gasteiger partial charge in [-0.1, -0.05) is 68.8 Å². The number of rotatable bonds is 7. The number of likely N-dealkylation sites (tertiary alicyclic amines) is 1. The summed E-state index contributed by atoms with van der Waals surface area (Å²) in [7, 11) is 0. The molecule has 2 amide bonds. The molecule has 0 bridgehead atoms. The van der Waals surface area contributed by atoms with Gasteiger partial charge in [-0.25, -0.2) is 4.79 Å². The fraction of sp³-hybridized carbons (Fsp3) is 0.444. The zero-order valence-corrected chi connectivity index (χ0v) is 19.9. The van der Waals surface area contributed by atoms with Crippen LogP contribution in [-0.4, -0.2) is 53.7 Å². The molecule has 3 atom stereocenters. The van der Waals surface area contributed by atoms with Gasteiger partial charge in [0.25, 0.3) is 0 Å². The molecule has 1 aliphatic heterocycles. The number of nitrogens with one attached hydrogen (secondary N) is 1. The molecular weight excluding hydrogens is 432 g/mol. The molecule has 180 valence electrons. The molecule has 1 saturated heterocycles. The highest BCUT2D eigenvalue weighted by molar-refractivity contribution is 5.87. The third-order valence-corrected chi connectivity index (χ3v) is 7.41. The van der Waals surface area contributed by atoms with E-state index in [0.717, 1.165) is 22.3 Å². The number of ether oxygens (including phenoxy) is 1. The molecule has 7 nitrogen and oxygen atoms in total. The number of benzene rings is 2. The highest BCUT2D eigenvalue weighted by Crippen LogP contribution is 2.44. The largest absolute Gasteiger partial charge is 0.481 e. The molecule has 34 heavy (non-hydrogen) atoms. The summed E-state index contributed by atoms with van der Waals surface area (Å²) < 4.78 is 5.61. The first-order chi connectivity index (χ1) is 16.3. The van der Waals surface area contributed by atoms with Crippen molar-refractivity contribution in [2.24, 2.45) is 11.3 Å². The number of amides is 2. The van der Waals surface area contributed by atoms with Gasteiger partial charge in [0.2, 0.25) is 5.91 Å². The SMILES string of the molecule is CCCC(NC(=O)OCC1c2ccccc2-c2ccccc21)C(=O)N1C[C@H](C)[C@@](C)(C(=O)O)C1. The Morgan fingerprint density at radius 3 is 2.24 bits per heavy atom. The summed E-state index contributed by atoms with van der Waals surface area (Å²) in [5, 5.41) is 12.4. The van der Waals surface area contributed by atoms with Crippen molar-refractivity contribution in [1.82, 2.24) is 10.2 Å². The molecule has 1 unspecified atom stereocenters. The van der Waals surface area contributed by atoms with Gasteiger partial charge in [-0.2, -0.15) is 0 Å². The second-order valence-corrected chi connectivity index (χ2v) is 9.65. The zero-order chi connectivity index (χ0) is 24.5. The standard InChI is InChI=1S/C27H32N2O5/c1-4-9-23(24(30)29-14-17(2)27(3,16-29)25(31)32)28-26(33)34-15-22-20-12-7-5-10-18(20)19-11-6-8-13-21(19)22/h5-8,10-13,17,22-23H,4,9,14-16H2,1-3H3,(H,28,33)(H,31,32)/t17-,23?,27-/m0/s1. The minimum atomic E-state index is -0.990. The molecule has 2 aliphatic rings. The average molecular weight is 465 g/mol. The first-order valence-electron chi connectivity index (χ1n) is 11.9. The van der Waals surface area contributed by atoms with Gasteiger partial charge < -0.3 is 20.1 Å². The van der Waals surface area contributed by atoms with Crippen molar-refractivity contribution in [2.75, 3.05) is 19.7 Å². The van der Waals surface area contributed by atoms with Crippen LogP contribution in [0.5, 0.6) is 0 Å². The summed E-state index contributed by atoms with van der Waals surface area (Å²) >= 11 is 0. The lowest BCUT2D eigenvalue weighted by atomic mass is 9.81. The molecule has 1 fully saturated rings. The van der Waals surface area contributed by atoms with Crippen LogP contribution in [0.1, 0.15) is 50.7 Å². The number of fused-ring (bicyclic) bond motifs is 3. The van der Waals surface area contributed by atoms with Crippen molar-refractivity contribution in [3.63, 3.8) is 0 Å². The maximum absolute atomic E-state index is 13.2. The summed E-state index contributed by atoms with van der Waals surface area (Å²) in [6.45, 7) is 6.11. The van der Waals surface area contributed by atoms with E-state index in [9.17, 15) is 19.5 Å². The topological polar surface area (TPSA) is 95.9 Å². The van der Waals surface area contributed by atoms with Crippen LogP contribution in [0.4, 0.5) is 4.79 Å². The van der Waals surface area contributed by atoms with Gasteiger partial charge in [-0.15, -0.1) is 0 Å². The normalized spacial score (nSPS) is 22.1. The quantitative estimate of drug-likeness (QED) is 0.638. The van der Waals surface area contributed by atoms with Crippen LogP contribution >= 0.6 is 0 Å². The summed E-state index contributed by atoms with van der Waals surface area (Å²) in [5.41, 5.74) is 3.55. The summed E-state index contributed by atoms with van der Waals surface area (Å²) in [6.07, 6.45) is 0.513. The highest BCUT2D eigenvalue weighted by atomic mass is 16.5. The van der Waals surface area contributed by atoms with Crippen molar-refractivity contribution in [3.8, 4) is 11.1 Å².